The van der Waals surface area contributed by atoms with Crippen LogP contribution in [0, 0.1) is 17.2 Å². The maximum Gasteiger partial charge on any atom is 0.237 e. The molecule has 1 aliphatic carbocycles. The molecule has 0 saturated heterocycles. The second-order valence-electron chi connectivity index (χ2n) is 4.09. The lowest BCUT2D eigenvalue weighted by molar-refractivity contribution is -0.124. The highest BCUT2D eigenvalue weighted by molar-refractivity contribution is 5.80. The van der Waals surface area contributed by atoms with Crippen LogP contribution in [0.5, 0.6) is 0 Å². The van der Waals surface area contributed by atoms with Gasteiger partial charge in [-0.3, -0.25) is 9.59 Å². The summed E-state index contributed by atoms with van der Waals surface area (Å²) in [6.07, 6.45) is 3.21. The highest BCUT2D eigenvalue weighted by Gasteiger charge is 2.22. The molecule has 0 spiro atoms. The molecule has 1 aliphatic rings. The van der Waals surface area contributed by atoms with E-state index in [0.717, 1.165) is 12.8 Å². The van der Waals surface area contributed by atoms with Crippen molar-refractivity contribution in [3.8, 4) is 6.07 Å². The summed E-state index contributed by atoms with van der Waals surface area (Å²) < 4.78 is 0. The largest absolute Gasteiger partial charge is 0.355 e. The van der Waals surface area contributed by atoms with Gasteiger partial charge in [-0.05, 0) is 26.2 Å². The SMILES string of the molecule is CC(C#N)C(=O)NCCCC(=O)NC1CC1. The minimum atomic E-state index is -0.625. The first-order chi connectivity index (χ1) is 7.63. The molecular formula is C11H17N3O2. The lowest BCUT2D eigenvalue weighted by Gasteiger charge is -2.06. The maximum atomic E-state index is 11.3. The monoisotopic (exact) mass is 223 g/mol. The Kier molecular flexibility index (Phi) is 4.77. The van der Waals surface area contributed by atoms with Gasteiger partial charge in [0.2, 0.25) is 11.8 Å². The molecule has 16 heavy (non-hydrogen) atoms. The molecule has 1 atom stereocenters. The Morgan fingerprint density at radius 3 is 2.75 bits per heavy atom. The number of carbonyl (C=O) groups is 2. The molecule has 2 amide bonds. The fourth-order valence-corrected chi connectivity index (χ4v) is 1.20. The summed E-state index contributed by atoms with van der Waals surface area (Å²) in [4.78, 5) is 22.4. The van der Waals surface area contributed by atoms with E-state index >= 15 is 0 Å². The van der Waals surface area contributed by atoms with E-state index in [2.05, 4.69) is 10.6 Å². The fraction of sp³-hybridized carbons (Fsp3) is 0.727. The van der Waals surface area contributed by atoms with E-state index < -0.39 is 5.92 Å². The van der Waals surface area contributed by atoms with Crippen LogP contribution in [0.1, 0.15) is 32.6 Å². The Morgan fingerprint density at radius 1 is 1.50 bits per heavy atom. The van der Waals surface area contributed by atoms with Crippen LogP contribution < -0.4 is 10.6 Å². The van der Waals surface area contributed by atoms with Crippen LogP contribution in [0.15, 0.2) is 0 Å². The summed E-state index contributed by atoms with van der Waals surface area (Å²) in [5.74, 6) is -0.851. The van der Waals surface area contributed by atoms with Crippen molar-refractivity contribution >= 4 is 11.8 Å². The van der Waals surface area contributed by atoms with Crippen molar-refractivity contribution in [1.82, 2.24) is 10.6 Å². The molecule has 0 aromatic carbocycles. The molecule has 0 radical (unpaired) electrons. The molecule has 0 aromatic heterocycles. The van der Waals surface area contributed by atoms with Crippen molar-refractivity contribution in [3.05, 3.63) is 0 Å². The average Bonchev–Trinajstić information content (AvgIpc) is 3.06. The maximum absolute atomic E-state index is 11.3. The van der Waals surface area contributed by atoms with E-state index in [-0.39, 0.29) is 11.8 Å². The zero-order valence-corrected chi connectivity index (χ0v) is 9.45. The smallest absolute Gasteiger partial charge is 0.237 e. The third-order valence-corrected chi connectivity index (χ3v) is 2.41. The summed E-state index contributed by atoms with van der Waals surface area (Å²) in [6.45, 7) is 2.00. The number of hydrogen-bond acceptors (Lipinski definition) is 3. The van der Waals surface area contributed by atoms with Crippen LogP contribution in [0.2, 0.25) is 0 Å². The number of nitrogens with zero attached hydrogens (tertiary/aromatic N) is 1. The number of hydrogen-bond donors (Lipinski definition) is 2. The van der Waals surface area contributed by atoms with Crippen molar-refractivity contribution in [2.45, 2.75) is 38.6 Å². The molecule has 5 nitrogen and oxygen atoms in total. The Labute approximate surface area is 95.2 Å². The second-order valence-corrected chi connectivity index (χ2v) is 4.09. The second kappa shape index (κ2) is 6.11. The Morgan fingerprint density at radius 2 is 2.19 bits per heavy atom. The predicted octanol–water partition coefficient (Wildman–Crippen LogP) is 0.321. The molecule has 88 valence electrons. The minimum absolute atomic E-state index is 0.0464. The van der Waals surface area contributed by atoms with Crippen molar-refractivity contribution < 1.29 is 9.59 Å². The van der Waals surface area contributed by atoms with Crippen molar-refractivity contribution in [3.63, 3.8) is 0 Å². The van der Waals surface area contributed by atoms with Gasteiger partial charge < -0.3 is 10.6 Å². The molecule has 5 heteroatoms. The summed E-state index contributed by atoms with van der Waals surface area (Å²) >= 11 is 0. The van der Waals surface area contributed by atoms with E-state index in [0.29, 0.717) is 25.4 Å². The number of rotatable bonds is 6. The van der Waals surface area contributed by atoms with Gasteiger partial charge in [0.15, 0.2) is 0 Å². The van der Waals surface area contributed by atoms with Crippen LogP contribution >= 0.6 is 0 Å². The average molecular weight is 223 g/mol. The highest BCUT2D eigenvalue weighted by atomic mass is 16.2. The van der Waals surface area contributed by atoms with E-state index in [9.17, 15) is 9.59 Å². The molecule has 1 unspecified atom stereocenters. The molecule has 2 N–H and O–H groups in total. The van der Waals surface area contributed by atoms with E-state index in [1.807, 2.05) is 6.07 Å². The van der Waals surface area contributed by atoms with Gasteiger partial charge in [0.25, 0.3) is 0 Å². The van der Waals surface area contributed by atoms with Crippen LogP contribution in [0.4, 0.5) is 0 Å². The number of amides is 2. The Hall–Kier alpha value is -1.57. The van der Waals surface area contributed by atoms with E-state index in [1.54, 1.807) is 6.92 Å². The van der Waals surface area contributed by atoms with Gasteiger partial charge in [0.1, 0.15) is 5.92 Å². The predicted molar refractivity (Wildman–Crippen MR) is 58.2 cm³/mol. The summed E-state index contributed by atoms with van der Waals surface area (Å²) in [5, 5.41) is 14.0. The Balaban J connectivity index is 2.00. The highest BCUT2D eigenvalue weighted by Crippen LogP contribution is 2.18. The summed E-state index contributed by atoms with van der Waals surface area (Å²) in [6, 6.07) is 2.25. The summed E-state index contributed by atoms with van der Waals surface area (Å²) in [5.41, 5.74) is 0. The van der Waals surface area contributed by atoms with Gasteiger partial charge in [0.05, 0.1) is 6.07 Å². The van der Waals surface area contributed by atoms with Gasteiger partial charge in [-0.2, -0.15) is 5.26 Å². The van der Waals surface area contributed by atoms with Crippen LogP contribution in [-0.4, -0.2) is 24.4 Å². The lowest BCUT2D eigenvalue weighted by Crippen LogP contribution is -2.31. The van der Waals surface area contributed by atoms with Crippen LogP contribution in [0.3, 0.4) is 0 Å². The first-order valence-electron chi connectivity index (χ1n) is 5.60. The third-order valence-electron chi connectivity index (χ3n) is 2.41. The van der Waals surface area contributed by atoms with Crippen LogP contribution in [0.25, 0.3) is 0 Å². The van der Waals surface area contributed by atoms with Crippen molar-refractivity contribution in [1.29, 1.82) is 5.26 Å². The van der Waals surface area contributed by atoms with Gasteiger partial charge in [-0.15, -0.1) is 0 Å². The zero-order valence-electron chi connectivity index (χ0n) is 9.45. The van der Waals surface area contributed by atoms with E-state index in [4.69, 9.17) is 5.26 Å². The molecule has 0 bridgehead atoms. The number of nitrogens with one attached hydrogen (secondary N) is 2. The van der Waals surface area contributed by atoms with E-state index in [1.165, 1.54) is 0 Å². The zero-order chi connectivity index (χ0) is 12.0. The summed E-state index contributed by atoms with van der Waals surface area (Å²) in [7, 11) is 0. The van der Waals surface area contributed by atoms with Crippen molar-refractivity contribution in [2.75, 3.05) is 6.54 Å². The topological polar surface area (TPSA) is 82.0 Å². The fourth-order valence-electron chi connectivity index (χ4n) is 1.20. The lowest BCUT2D eigenvalue weighted by atomic mass is 10.2. The van der Waals surface area contributed by atoms with Gasteiger partial charge in [-0.1, -0.05) is 0 Å². The number of carbonyl (C=O) groups excluding carboxylic acids is 2. The first kappa shape index (κ1) is 12.5. The normalized spacial score (nSPS) is 16.0. The molecule has 0 aromatic rings. The number of nitriles is 1. The van der Waals surface area contributed by atoms with Crippen LogP contribution in [-0.2, 0) is 9.59 Å². The molecule has 0 aliphatic heterocycles. The molecule has 1 saturated carbocycles. The van der Waals surface area contributed by atoms with Crippen molar-refractivity contribution in [2.24, 2.45) is 5.92 Å². The molecule has 0 heterocycles. The van der Waals surface area contributed by atoms with Gasteiger partial charge in [-0.25, -0.2) is 0 Å². The molecule has 1 fully saturated rings. The first-order valence-corrected chi connectivity index (χ1v) is 5.60. The minimum Gasteiger partial charge on any atom is -0.355 e. The standard InChI is InChI=1S/C11H17N3O2/c1-8(7-12)11(16)13-6-2-3-10(15)14-9-4-5-9/h8-9H,2-6H2,1H3,(H,13,16)(H,14,15). The van der Waals surface area contributed by atoms with Gasteiger partial charge in [0, 0.05) is 19.0 Å². The van der Waals surface area contributed by atoms with Gasteiger partial charge >= 0.3 is 0 Å². The molecular weight excluding hydrogens is 206 g/mol. The quantitative estimate of drug-likeness (QED) is 0.636. The third kappa shape index (κ3) is 4.78. The molecule has 1 rings (SSSR count). The Bertz CT molecular complexity index is 305.